The predicted octanol–water partition coefficient (Wildman–Crippen LogP) is 1.33. The van der Waals surface area contributed by atoms with Crippen molar-refractivity contribution in [1.29, 1.82) is 0 Å². The molecule has 0 heterocycles. The fourth-order valence-electron chi connectivity index (χ4n) is 1.44. The normalized spacial score (nSPS) is 14.6. The number of rotatable bonds is 7. The van der Waals surface area contributed by atoms with Crippen molar-refractivity contribution in [1.82, 2.24) is 4.90 Å². The van der Waals surface area contributed by atoms with Gasteiger partial charge < -0.3 is 10.2 Å². The van der Waals surface area contributed by atoms with Crippen molar-refractivity contribution in [2.45, 2.75) is 20.8 Å². The zero-order chi connectivity index (χ0) is 11.9. The van der Waals surface area contributed by atoms with E-state index in [1.807, 2.05) is 0 Å². The van der Waals surface area contributed by atoms with Crippen LogP contribution in [-0.2, 0) is 0 Å². The number of alkyl halides is 1. The van der Waals surface area contributed by atoms with Crippen molar-refractivity contribution in [3.63, 3.8) is 0 Å². The molecule has 0 aromatic heterocycles. The van der Waals surface area contributed by atoms with Crippen molar-refractivity contribution < 1.29 is 10.2 Å². The maximum Gasteiger partial charge on any atom is 0.0558 e. The van der Waals surface area contributed by atoms with Crippen molar-refractivity contribution in [2.75, 3.05) is 38.2 Å². The molecule has 2 N–H and O–H groups in total. The average Bonchev–Trinajstić information content (AvgIpc) is 2.12. The summed E-state index contributed by atoms with van der Waals surface area (Å²) < 4.78 is 0. The number of hydrogen-bond acceptors (Lipinski definition) is 3. The molecule has 0 spiro atoms. The second-order valence-electron chi connectivity index (χ2n) is 4.97. The van der Waals surface area contributed by atoms with Gasteiger partial charge in [-0.1, -0.05) is 36.7 Å². The van der Waals surface area contributed by atoms with E-state index in [2.05, 4.69) is 41.6 Å². The molecule has 0 bridgehead atoms. The Morgan fingerprint density at radius 3 is 1.87 bits per heavy atom. The standard InChI is InChI=1S/C11H24BrNO2/c1-11(2,3)10(8-12)9-13(4-6-14)5-7-15/h10,14-15H,4-9H2,1-3H3. The Morgan fingerprint density at radius 1 is 1.13 bits per heavy atom. The van der Waals surface area contributed by atoms with Gasteiger partial charge in [-0.2, -0.15) is 0 Å². The molecule has 1 unspecified atom stereocenters. The van der Waals surface area contributed by atoms with Crippen molar-refractivity contribution in [3.8, 4) is 0 Å². The van der Waals surface area contributed by atoms with E-state index in [-0.39, 0.29) is 18.6 Å². The molecule has 0 fully saturated rings. The fourth-order valence-corrected chi connectivity index (χ4v) is 2.62. The van der Waals surface area contributed by atoms with Crippen LogP contribution in [0.1, 0.15) is 20.8 Å². The van der Waals surface area contributed by atoms with Crippen molar-refractivity contribution in [2.24, 2.45) is 11.3 Å². The Hall–Kier alpha value is 0.360. The van der Waals surface area contributed by atoms with Gasteiger partial charge in [0.2, 0.25) is 0 Å². The highest BCUT2D eigenvalue weighted by Gasteiger charge is 2.25. The molecule has 1 atom stereocenters. The Kier molecular flexibility index (Phi) is 7.79. The molecule has 0 radical (unpaired) electrons. The monoisotopic (exact) mass is 281 g/mol. The zero-order valence-corrected chi connectivity index (χ0v) is 11.6. The molecule has 0 saturated heterocycles. The van der Waals surface area contributed by atoms with Gasteiger partial charge in [-0.15, -0.1) is 0 Å². The molecule has 0 saturated carbocycles. The third-order valence-corrected chi connectivity index (χ3v) is 3.50. The number of aliphatic hydroxyl groups excluding tert-OH is 2. The third kappa shape index (κ3) is 6.51. The highest BCUT2D eigenvalue weighted by molar-refractivity contribution is 9.09. The van der Waals surface area contributed by atoms with Crippen LogP contribution >= 0.6 is 15.9 Å². The summed E-state index contributed by atoms with van der Waals surface area (Å²) in [5, 5.41) is 18.8. The Balaban J connectivity index is 4.21. The van der Waals surface area contributed by atoms with Gasteiger partial charge in [-0.05, 0) is 11.3 Å². The Labute approximate surface area is 102 Å². The number of aliphatic hydroxyl groups is 2. The van der Waals surface area contributed by atoms with E-state index in [1.165, 1.54) is 0 Å². The first-order valence-corrected chi connectivity index (χ1v) is 6.58. The first kappa shape index (κ1) is 15.4. The maximum atomic E-state index is 8.92. The summed E-state index contributed by atoms with van der Waals surface area (Å²) in [5.41, 5.74) is 0.243. The van der Waals surface area contributed by atoms with Crippen LogP contribution in [0, 0.1) is 11.3 Å². The molecule has 92 valence electrons. The summed E-state index contributed by atoms with van der Waals surface area (Å²) in [6.45, 7) is 9.15. The lowest BCUT2D eigenvalue weighted by molar-refractivity contribution is 0.118. The molecule has 4 heteroatoms. The maximum absolute atomic E-state index is 8.92. The van der Waals surface area contributed by atoms with Gasteiger partial charge in [0, 0.05) is 25.0 Å². The molecule has 3 nitrogen and oxygen atoms in total. The van der Waals surface area contributed by atoms with Crippen molar-refractivity contribution >= 4 is 15.9 Å². The number of halogens is 1. The highest BCUT2D eigenvalue weighted by Crippen LogP contribution is 2.28. The first-order valence-electron chi connectivity index (χ1n) is 5.45. The van der Waals surface area contributed by atoms with Gasteiger partial charge in [0.1, 0.15) is 0 Å². The minimum atomic E-state index is 0.152. The molecule has 15 heavy (non-hydrogen) atoms. The van der Waals surface area contributed by atoms with Gasteiger partial charge in [-0.3, -0.25) is 4.90 Å². The minimum Gasteiger partial charge on any atom is -0.395 e. The van der Waals surface area contributed by atoms with E-state index >= 15 is 0 Å². The lowest BCUT2D eigenvalue weighted by Crippen LogP contribution is -2.39. The smallest absolute Gasteiger partial charge is 0.0558 e. The second kappa shape index (κ2) is 7.60. The highest BCUT2D eigenvalue weighted by atomic mass is 79.9. The van der Waals surface area contributed by atoms with Crippen LogP contribution in [0.15, 0.2) is 0 Å². The van der Waals surface area contributed by atoms with E-state index in [0.29, 0.717) is 19.0 Å². The van der Waals surface area contributed by atoms with Crippen LogP contribution in [0.5, 0.6) is 0 Å². The molecule has 0 rings (SSSR count). The molecular formula is C11H24BrNO2. The van der Waals surface area contributed by atoms with E-state index in [9.17, 15) is 0 Å². The topological polar surface area (TPSA) is 43.7 Å². The van der Waals surface area contributed by atoms with Gasteiger partial charge in [0.25, 0.3) is 0 Å². The first-order chi connectivity index (χ1) is 6.95. The van der Waals surface area contributed by atoms with Crippen molar-refractivity contribution in [3.05, 3.63) is 0 Å². The van der Waals surface area contributed by atoms with Crippen LogP contribution in [0.2, 0.25) is 0 Å². The third-order valence-electron chi connectivity index (χ3n) is 2.72. The largest absolute Gasteiger partial charge is 0.395 e. The van der Waals surface area contributed by atoms with Crippen LogP contribution in [0.25, 0.3) is 0 Å². The number of nitrogens with zero attached hydrogens (tertiary/aromatic N) is 1. The molecule has 0 amide bonds. The summed E-state index contributed by atoms with van der Waals surface area (Å²) in [6, 6.07) is 0. The summed E-state index contributed by atoms with van der Waals surface area (Å²) in [6.07, 6.45) is 0. The van der Waals surface area contributed by atoms with E-state index < -0.39 is 0 Å². The fraction of sp³-hybridized carbons (Fsp3) is 1.00. The van der Waals surface area contributed by atoms with E-state index in [4.69, 9.17) is 10.2 Å². The van der Waals surface area contributed by atoms with Gasteiger partial charge in [0.05, 0.1) is 13.2 Å². The quantitative estimate of drug-likeness (QED) is 0.692. The lowest BCUT2D eigenvalue weighted by Gasteiger charge is -2.34. The average molecular weight is 282 g/mol. The summed E-state index contributed by atoms with van der Waals surface area (Å²) in [7, 11) is 0. The molecule has 0 aliphatic rings. The Morgan fingerprint density at radius 2 is 1.60 bits per heavy atom. The summed E-state index contributed by atoms with van der Waals surface area (Å²) in [5.74, 6) is 0.524. The lowest BCUT2D eigenvalue weighted by atomic mass is 9.82. The predicted molar refractivity (Wildman–Crippen MR) is 67.4 cm³/mol. The van der Waals surface area contributed by atoms with E-state index in [1.54, 1.807) is 0 Å². The van der Waals surface area contributed by atoms with E-state index in [0.717, 1.165) is 11.9 Å². The molecular weight excluding hydrogens is 258 g/mol. The van der Waals surface area contributed by atoms with Gasteiger partial charge in [-0.25, -0.2) is 0 Å². The summed E-state index contributed by atoms with van der Waals surface area (Å²) >= 11 is 3.53. The van der Waals surface area contributed by atoms with Gasteiger partial charge >= 0.3 is 0 Å². The Bertz CT molecular complexity index is 153. The minimum absolute atomic E-state index is 0.152. The second-order valence-corrected chi connectivity index (χ2v) is 5.61. The van der Waals surface area contributed by atoms with Crippen LogP contribution < -0.4 is 0 Å². The molecule has 0 aromatic carbocycles. The SMILES string of the molecule is CC(C)(C)C(CBr)CN(CCO)CCO. The van der Waals surface area contributed by atoms with Crippen LogP contribution in [0.4, 0.5) is 0 Å². The zero-order valence-electron chi connectivity index (χ0n) is 10.0. The molecule has 0 aliphatic heterocycles. The molecule has 0 aromatic rings. The van der Waals surface area contributed by atoms with Crippen LogP contribution in [0.3, 0.4) is 0 Å². The molecule has 0 aliphatic carbocycles. The summed E-state index contributed by atoms with van der Waals surface area (Å²) in [4.78, 5) is 2.11. The van der Waals surface area contributed by atoms with Gasteiger partial charge in [0.15, 0.2) is 0 Å². The van der Waals surface area contributed by atoms with Crippen LogP contribution in [-0.4, -0.2) is 53.3 Å². The number of hydrogen-bond donors (Lipinski definition) is 2.